The zero-order valence-corrected chi connectivity index (χ0v) is 13.7. The SMILES string of the molecule is O=C(Cc1ccc([N+](=O)[O-])cc1)NNC(=O)CN1CCCCCC1=O. The molecule has 0 atom stereocenters. The van der Waals surface area contributed by atoms with Gasteiger partial charge in [0.05, 0.1) is 11.3 Å². The summed E-state index contributed by atoms with van der Waals surface area (Å²) < 4.78 is 0. The molecule has 0 aromatic heterocycles. The summed E-state index contributed by atoms with van der Waals surface area (Å²) in [5, 5.41) is 10.6. The first-order chi connectivity index (χ1) is 12.0. The Hall–Kier alpha value is -2.97. The van der Waals surface area contributed by atoms with Gasteiger partial charge in [-0.3, -0.25) is 35.3 Å². The Morgan fingerprint density at radius 2 is 1.76 bits per heavy atom. The molecule has 0 radical (unpaired) electrons. The van der Waals surface area contributed by atoms with Crippen molar-refractivity contribution in [1.29, 1.82) is 0 Å². The largest absolute Gasteiger partial charge is 0.333 e. The Kier molecular flexibility index (Phi) is 6.44. The van der Waals surface area contributed by atoms with E-state index in [0.717, 1.165) is 19.3 Å². The van der Waals surface area contributed by atoms with Crippen LogP contribution < -0.4 is 10.9 Å². The van der Waals surface area contributed by atoms with E-state index in [9.17, 15) is 24.5 Å². The second kappa shape index (κ2) is 8.76. The van der Waals surface area contributed by atoms with Gasteiger partial charge in [-0.15, -0.1) is 0 Å². The molecule has 134 valence electrons. The predicted octanol–water partition coefficient (Wildman–Crippen LogP) is 0.687. The van der Waals surface area contributed by atoms with Crippen molar-refractivity contribution in [3.63, 3.8) is 0 Å². The fourth-order valence-corrected chi connectivity index (χ4v) is 2.52. The number of nitro benzene ring substituents is 1. The highest BCUT2D eigenvalue weighted by Crippen LogP contribution is 2.12. The van der Waals surface area contributed by atoms with Crippen LogP contribution in [-0.4, -0.2) is 40.6 Å². The van der Waals surface area contributed by atoms with Crippen LogP contribution in [0.25, 0.3) is 0 Å². The number of rotatable bonds is 5. The predicted molar refractivity (Wildman–Crippen MR) is 88.1 cm³/mol. The zero-order valence-electron chi connectivity index (χ0n) is 13.7. The van der Waals surface area contributed by atoms with Crippen LogP contribution >= 0.6 is 0 Å². The standard InChI is InChI=1S/C16H20N4O5/c21-14(10-12-5-7-13(8-6-12)20(24)25)17-18-15(22)11-19-9-3-1-2-4-16(19)23/h5-8H,1-4,9-11H2,(H,17,21)(H,18,22). The molecule has 2 N–H and O–H groups in total. The number of nitro groups is 1. The van der Waals surface area contributed by atoms with Crippen LogP contribution in [-0.2, 0) is 20.8 Å². The molecule has 0 spiro atoms. The third-order valence-electron chi connectivity index (χ3n) is 3.86. The highest BCUT2D eigenvalue weighted by Gasteiger charge is 2.19. The molecular formula is C16H20N4O5. The van der Waals surface area contributed by atoms with Crippen LogP contribution in [0.5, 0.6) is 0 Å². The molecule has 9 nitrogen and oxygen atoms in total. The number of carbonyl (C=O) groups excluding carboxylic acids is 3. The number of hydrogen-bond acceptors (Lipinski definition) is 5. The number of carbonyl (C=O) groups is 3. The molecule has 3 amide bonds. The number of nitrogens with zero attached hydrogens (tertiary/aromatic N) is 2. The number of nitrogens with one attached hydrogen (secondary N) is 2. The lowest BCUT2D eigenvalue weighted by molar-refractivity contribution is -0.384. The van der Waals surface area contributed by atoms with Crippen molar-refractivity contribution in [3.8, 4) is 0 Å². The van der Waals surface area contributed by atoms with Gasteiger partial charge in [-0.25, -0.2) is 0 Å². The monoisotopic (exact) mass is 348 g/mol. The van der Waals surface area contributed by atoms with Gasteiger partial charge in [-0.1, -0.05) is 18.6 Å². The van der Waals surface area contributed by atoms with Gasteiger partial charge >= 0.3 is 0 Å². The minimum atomic E-state index is -0.520. The summed E-state index contributed by atoms with van der Waals surface area (Å²) in [5.74, 6) is -0.971. The van der Waals surface area contributed by atoms with Crippen molar-refractivity contribution in [1.82, 2.24) is 15.8 Å². The number of likely N-dealkylation sites (tertiary alicyclic amines) is 1. The fourth-order valence-electron chi connectivity index (χ4n) is 2.52. The Morgan fingerprint density at radius 1 is 1.08 bits per heavy atom. The Labute approximate surface area is 144 Å². The lowest BCUT2D eigenvalue weighted by Gasteiger charge is -2.19. The van der Waals surface area contributed by atoms with Gasteiger partial charge in [-0.05, 0) is 18.4 Å². The van der Waals surface area contributed by atoms with Crippen LogP contribution in [0.1, 0.15) is 31.2 Å². The molecule has 0 aliphatic carbocycles. The first-order valence-electron chi connectivity index (χ1n) is 8.04. The topological polar surface area (TPSA) is 122 Å². The van der Waals surface area contributed by atoms with Crippen molar-refractivity contribution in [2.24, 2.45) is 0 Å². The van der Waals surface area contributed by atoms with Crippen molar-refractivity contribution >= 4 is 23.4 Å². The third kappa shape index (κ3) is 5.87. The highest BCUT2D eigenvalue weighted by atomic mass is 16.6. The normalized spacial score (nSPS) is 14.6. The minimum absolute atomic E-state index is 0.0269. The average Bonchev–Trinajstić information content (AvgIpc) is 2.78. The maximum atomic E-state index is 11.9. The fraction of sp³-hybridized carbons (Fsp3) is 0.438. The Morgan fingerprint density at radius 3 is 2.44 bits per heavy atom. The molecule has 0 saturated carbocycles. The molecule has 1 aliphatic heterocycles. The maximum absolute atomic E-state index is 11.9. The maximum Gasteiger partial charge on any atom is 0.269 e. The second-order valence-electron chi connectivity index (χ2n) is 5.82. The summed E-state index contributed by atoms with van der Waals surface area (Å²) in [5.41, 5.74) is 5.09. The van der Waals surface area contributed by atoms with E-state index in [1.807, 2.05) is 0 Å². The summed E-state index contributed by atoms with van der Waals surface area (Å²) in [6.45, 7) is 0.458. The van der Waals surface area contributed by atoms with Crippen LogP contribution in [0.3, 0.4) is 0 Å². The van der Waals surface area contributed by atoms with E-state index in [4.69, 9.17) is 0 Å². The molecular weight excluding hydrogens is 328 g/mol. The van der Waals surface area contributed by atoms with Gasteiger partial charge in [0.1, 0.15) is 6.54 Å². The lowest BCUT2D eigenvalue weighted by atomic mass is 10.1. The zero-order chi connectivity index (χ0) is 18.2. The van der Waals surface area contributed by atoms with E-state index in [1.54, 1.807) is 0 Å². The molecule has 1 saturated heterocycles. The van der Waals surface area contributed by atoms with E-state index in [0.29, 0.717) is 18.5 Å². The van der Waals surface area contributed by atoms with E-state index >= 15 is 0 Å². The number of hydrazine groups is 1. The second-order valence-corrected chi connectivity index (χ2v) is 5.82. The van der Waals surface area contributed by atoms with Crippen LogP contribution in [0.4, 0.5) is 5.69 Å². The molecule has 9 heteroatoms. The quantitative estimate of drug-likeness (QED) is 0.599. The smallest absolute Gasteiger partial charge is 0.269 e. The lowest BCUT2D eigenvalue weighted by Crippen LogP contribution is -2.48. The van der Waals surface area contributed by atoms with Crippen molar-refractivity contribution in [2.75, 3.05) is 13.1 Å². The molecule has 1 fully saturated rings. The number of hydrogen-bond donors (Lipinski definition) is 2. The number of amides is 3. The van der Waals surface area contributed by atoms with Crippen LogP contribution in [0.15, 0.2) is 24.3 Å². The highest BCUT2D eigenvalue weighted by molar-refractivity contribution is 5.87. The Balaban J connectivity index is 1.76. The van der Waals surface area contributed by atoms with Crippen LogP contribution in [0.2, 0.25) is 0 Å². The number of benzene rings is 1. The minimum Gasteiger partial charge on any atom is -0.333 e. The summed E-state index contributed by atoms with van der Waals surface area (Å²) in [6.07, 6.45) is 3.09. The molecule has 2 rings (SSSR count). The summed E-state index contributed by atoms with van der Waals surface area (Å²) >= 11 is 0. The third-order valence-corrected chi connectivity index (χ3v) is 3.86. The molecule has 1 heterocycles. The molecule has 25 heavy (non-hydrogen) atoms. The summed E-state index contributed by atoms with van der Waals surface area (Å²) in [6, 6.07) is 5.59. The average molecular weight is 348 g/mol. The summed E-state index contributed by atoms with van der Waals surface area (Å²) in [4.78, 5) is 47.0. The summed E-state index contributed by atoms with van der Waals surface area (Å²) in [7, 11) is 0. The van der Waals surface area contributed by atoms with Crippen molar-refractivity contribution in [2.45, 2.75) is 32.1 Å². The van der Waals surface area contributed by atoms with E-state index in [2.05, 4.69) is 10.9 Å². The molecule has 1 aromatic carbocycles. The first-order valence-corrected chi connectivity index (χ1v) is 8.04. The molecule has 0 bridgehead atoms. The molecule has 1 aliphatic rings. The molecule has 0 unspecified atom stereocenters. The van der Waals surface area contributed by atoms with Gasteiger partial charge in [0.15, 0.2) is 0 Å². The number of non-ortho nitro benzene ring substituents is 1. The van der Waals surface area contributed by atoms with Gasteiger partial charge in [0.2, 0.25) is 11.8 Å². The van der Waals surface area contributed by atoms with Gasteiger partial charge in [0.25, 0.3) is 11.6 Å². The first kappa shape index (κ1) is 18.4. The Bertz CT molecular complexity index is 659. The van der Waals surface area contributed by atoms with Gasteiger partial charge in [0, 0.05) is 25.1 Å². The van der Waals surface area contributed by atoms with Crippen molar-refractivity contribution in [3.05, 3.63) is 39.9 Å². The van der Waals surface area contributed by atoms with E-state index in [-0.39, 0.29) is 24.6 Å². The van der Waals surface area contributed by atoms with E-state index < -0.39 is 16.7 Å². The van der Waals surface area contributed by atoms with E-state index in [1.165, 1.54) is 29.2 Å². The van der Waals surface area contributed by atoms with Crippen molar-refractivity contribution < 1.29 is 19.3 Å². The molecule has 1 aromatic rings. The van der Waals surface area contributed by atoms with Crippen LogP contribution in [0, 0.1) is 10.1 Å². The van der Waals surface area contributed by atoms with Gasteiger partial charge in [-0.2, -0.15) is 0 Å². The van der Waals surface area contributed by atoms with Gasteiger partial charge < -0.3 is 4.90 Å².